The van der Waals surface area contributed by atoms with E-state index in [9.17, 15) is 13.2 Å². The number of hydrogen-bond donors (Lipinski definition) is 0. The lowest BCUT2D eigenvalue weighted by Gasteiger charge is -2.24. The molecule has 1 aromatic carbocycles. The third-order valence-corrected chi connectivity index (χ3v) is 4.16. The lowest BCUT2D eigenvalue weighted by atomic mass is 10.0. The summed E-state index contributed by atoms with van der Waals surface area (Å²) in [7, 11) is 0. The van der Waals surface area contributed by atoms with Crippen molar-refractivity contribution in [3.05, 3.63) is 53.9 Å². The van der Waals surface area contributed by atoms with Crippen LogP contribution in [0.15, 0.2) is 36.7 Å². The Bertz CT molecular complexity index is 627. The Balaban J connectivity index is 1.69. The molecular formula is C16H18F3N3. The summed E-state index contributed by atoms with van der Waals surface area (Å²) >= 11 is 0. The van der Waals surface area contributed by atoms with E-state index >= 15 is 0 Å². The lowest BCUT2D eigenvalue weighted by molar-refractivity contribution is 0.0634. The van der Waals surface area contributed by atoms with Gasteiger partial charge in [0.1, 0.15) is 11.6 Å². The van der Waals surface area contributed by atoms with Crippen molar-refractivity contribution in [2.45, 2.75) is 38.4 Å². The summed E-state index contributed by atoms with van der Waals surface area (Å²) in [5, 5.41) is 0. The molecule has 3 rings (SSSR count). The van der Waals surface area contributed by atoms with Crippen molar-refractivity contribution in [1.29, 1.82) is 0 Å². The van der Waals surface area contributed by atoms with Crippen LogP contribution in [-0.2, 0) is 13.0 Å². The van der Waals surface area contributed by atoms with Gasteiger partial charge in [-0.3, -0.25) is 9.47 Å². The Kier molecular flexibility index (Phi) is 4.47. The first-order chi connectivity index (χ1) is 10.6. The van der Waals surface area contributed by atoms with Gasteiger partial charge in [-0.25, -0.2) is 9.37 Å². The van der Waals surface area contributed by atoms with Gasteiger partial charge < -0.3 is 0 Å². The molecule has 3 nitrogen and oxygen atoms in total. The van der Waals surface area contributed by atoms with Crippen LogP contribution >= 0.6 is 0 Å². The molecule has 0 bridgehead atoms. The van der Waals surface area contributed by atoms with Gasteiger partial charge in [0.25, 0.3) is 0 Å². The molecule has 1 aromatic heterocycles. The van der Waals surface area contributed by atoms with Crippen LogP contribution in [0.5, 0.6) is 0 Å². The zero-order valence-corrected chi connectivity index (χ0v) is 12.1. The first kappa shape index (κ1) is 15.1. The van der Waals surface area contributed by atoms with E-state index in [0.717, 1.165) is 35.9 Å². The molecule has 2 aromatic rings. The van der Waals surface area contributed by atoms with E-state index in [0.29, 0.717) is 12.4 Å². The van der Waals surface area contributed by atoms with Crippen molar-refractivity contribution in [2.24, 2.45) is 0 Å². The van der Waals surface area contributed by atoms with Gasteiger partial charge in [0.15, 0.2) is 0 Å². The predicted octanol–water partition coefficient (Wildman–Crippen LogP) is 3.62. The van der Waals surface area contributed by atoms with Gasteiger partial charge in [0.2, 0.25) is 0 Å². The fourth-order valence-electron chi connectivity index (χ4n) is 3.10. The molecule has 0 radical (unpaired) electrons. The van der Waals surface area contributed by atoms with Gasteiger partial charge in [-0.2, -0.15) is 8.78 Å². The molecule has 22 heavy (non-hydrogen) atoms. The third-order valence-electron chi connectivity index (χ3n) is 4.16. The second-order valence-electron chi connectivity index (χ2n) is 5.63. The van der Waals surface area contributed by atoms with Gasteiger partial charge >= 0.3 is 6.55 Å². The SMILES string of the molecule is Fc1cccc(C[C@@H]2CCCN2Cc2nccn2C(F)F)c1. The van der Waals surface area contributed by atoms with Crippen LogP contribution in [0.4, 0.5) is 13.2 Å². The van der Waals surface area contributed by atoms with Crippen LogP contribution in [0, 0.1) is 5.82 Å². The molecule has 0 aliphatic carbocycles. The van der Waals surface area contributed by atoms with Crippen LogP contribution in [-0.4, -0.2) is 27.0 Å². The second kappa shape index (κ2) is 6.52. The Hall–Kier alpha value is -1.82. The largest absolute Gasteiger partial charge is 0.319 e. The fourth-order valence-corrected chi connectivity index (χ4v) is 3.10. The van der Waals surface area contributed by atoms with Crippen molar-refractivity contribution < 1.29 is 13.2 Å². The molecule has 118 valence electrons. The van der Waals surface area contributed by atoms with E-state index in [4.69, 9.17) is 0 Å². The highest BCUT2D eigenvalue weighted by molar-refractivity contribution is 5.17. The molecule has 0 unspecified atom stereocenters. The summed E-state index contributed by atoms with van der Waals surface area (Å²) in [6.07, 6.45) is 5.45. The van der Waals surface area contributed by atoms with Crippen molar-refractivity contribution in [3.8, 4) is 0 Å². The van der Waals surface area contributed by atoms with Crippen LogP contribution in [0.2, 0.25) is 0 Å². The molecular weight excluding hydrogens is 291 g/mol. The highest BCUT2D eigenvalue weighted by Gasteiger charge is 2.26. The number of alkyl halides is 2. The molecule has 0 saturated carbocycles. The zero-order valence-electron chi connectivity index (χ0n) is 12.1. The molecule has 2 heterocycles. The topological polar surface area (TPSA) is 21.1 Å². The minimum atomic E-state index is -2.57. The van der Waals surface area contributed by atoms with Gasteiger partial charge in [0.05, 0.1) is 6.54 Å². The standard InChI is InChI=1S/C16H18F3N3/c17-13-4-1-3-12(9-13)10-14-5-2-7-21(14)11-15-20-6-8-22(15)16(18)19/h1,3-4,6,8-9,14,16H,2,5,7,10-11H2/t14-/m0/s1. The number of rotatable bonds is 5. The summed E-state index contributed by atoms with van der Waals surface area (Å²) in [4.78, 5) is 6.20. The predicted molar refractivity (Wildman–Crippen MR) is 77.0 cm³/mol. The summed E-state index contributed by atoms with van der Waals surface area (Å²) in [6.45, 7) is -1.31. The summed E-state index contributed by atoms with van der Waals surface area (Å²) in [5.74, 6) is 0.136. The van der Waals surface area contributed by atoms with E-state index in [2.05, 4.69) is 9.88 Å². The highest BCUT2D eigenvalue weighted by Crippen LogP contribution is 2.24. The number of halogens is 3. The number of nitrogens with zero attached hydrogens (tertiary/aromatic N) is 3. The number of imidazole rings is 1. The van der Waals surface area contributed by atoms with E-state index in [1.165, 1.54) is 24.5 Å². The Labute approximate surface area is 127 Å². The molecule has 1 aliphatic rings. The number of hydrogen-bond acceptors (Lipinski definition) is 2. The van der Waals surface area contributed by atoms with Gasteiger partial charge in [-0.1, -0.05) is 12.1 Å². The molecule has 1 atom stereocenters. The molecule has 1 saturated heterocycles. The Morgan fingerprint density at radius 3 is 2.95 bits per heavy atom. The average molecular weight is 309 g/mol. The van der Waals surface area contributed by atoms with Crippen molar-refractivity contribution >= 4 is 0 Å². The van der Waals surface area contributed by atoms with Crippen LogP contribution in [0.1, 0.15) is 30.8 Å². The molecule has 1 aliphatic heterocycles. The van der Waals surface area contributed by atoms with E-state index < -0.39 is 6.55 Å². The smallest absolute Gasteiger partial charge is 0.293 e. The fraction of sp³-hybridized carbons (Fsp3) is 0.438. The number of likely N-dealkylation sites (tertiary alicyclic amines) is 1. The molecule has 0 spiro atoms. The lowest BCUT2D eigenvalue weighted by Crippen LogP contribution is -2.31. The van der Waals surface area contributed by atoms with Gasteiger partial charge in [-0.15, -0.1) is 0 Å². The molecule has 0 N–H and O–H groups in total. The summed E-state index contributed by atoms with van der Waals surface area (Å²) < 4.78 is 39.9. The monoisotopic (exact) mass is 309 g/mol. The molecule has 0 amide bonds. The van der Waals surface area contributed by atoms with E-state index in [1.807, 2.05) is 6.07 Å². The maximum atomic E-state index is 13.3. The summed E-state index contributed by atoms with van der Waals surface area (Å²) in [6, 6.07) is 6.81. The Morgan fingerprint density at radius 2 is 2.18 bits per heavy atom. The first-order valence-electron chi connectivity index (χ1n) is 7.42. The van der Waals surface area contributed by atoms with Gasteiger partial charge in [-0.05, 0) is 43.5 Å². The van der Waals surface area contributed by atoms with Crippen LogP contribution < -0.4 is 0 Å². The normalized spacial score (nSPS) is 19.2. The van der Waals surface area contributed by atoms with Crippen molar-refractivity contribution in [1.82, 2.24) is 14.5 Å². The first-order valence-corrected chi connectivity index (χ1v) is 7.42. The maximum Gasteiger partial charge on any atom is 0.319 e. The minimum Gasteiger partial charge on any atom is -0.293 e. The Morgan fingerprint density at radius 1 is 1.32 bits per heavy atom. The zero-order chi connectivity index (χ0) is 15.5. The maximum absolute atomic E-state index is 13.3. The second-order valence-corrected chi connectivity index (χ2v) is 5.63. The third kappa shape index (κ3) is 3.32. The van der Waals surface area contributed by atoms with Crippen molar-refractivity contribution in [3.63, 3.8) is 0 Å². The molecule has 6 heteroatoms. The highest BCUT2D eigenvalue weighted by atomic mass is 19.3. The number of benzene rings is 1. The van der Waals surface area contributed by atoms with Gasteiger partial charge in [0, 0.05) is 18.4 Å². The minimum absolute atomic E-state index is 0.240. The quantitative estimate of drug-likeness (QED) is 0.841. The average Bonchev–Trinajstić information content (AvgIpc) is 3.09. The van der Waals surface area contributed by atoms with E-state index in [1.54, 1.807) is 6.07 Å². The van der Waals surface area contributed by atoms with E-state index in [-0.39, 0.29) is 11.9 Å². The van der Waals surface area contributed by atoms with Crippen molar-refractivity contribution in [2.75, 3.05) is 6.54 Å². The van der Waals surface area contributed by atoms with Crippen LogP contribution in [0.25, 0.3) is 0 Å². The summed E-state index contributed by atoms with van der Waals surface area (Å²) in [5.41, 5.74) is 0.939. The van der Waals surface area contributed by atoms with Crippen LogP contribution in [0.3, 0.4) is 0 Å². The number of aromatic nitrogens is 2. The molecule has 1 fully saturated rings.